The van der Waals surface area contributed by atoms with Gasteiger partial charge in [0.15, 0.2) is 11.5 Å². The minimum absolute atomic E-state index is 0.0780. The molecule has 1 aliphatic rings. The second kappa shape index (κ2) is 7.37. The highest BCUT2D eigenvalue weighted by Crippen LogP contribution is 2.32. The monoisotopic (exact) mass is 293 g/mol. The fourth-order valence-corrected chi connectivity index (χ4v) is 1.97. The summed E-state index contributed by atoms with van der Waals surface area (Å²) in [7, 11) is 0. The molecule has 7 heteroatoms. The van der Waals surface area contributed by atoms with Gasteiger partial charge in [-0.05, 0) is 25.0 Å². The maximum Gasteiger partial charge on any atom is 0.312 e. The molecule has 0 radical (unpaired) electrons. The van der Waals surface area contributed by atoms with Gasteiger partial charge in [0, 0.05) is 24.7 Å². The third-order valence-corrected chi connectivity index (χ3v) is 2.96. The topological polar surface area (TPSA) is 103 Å². The molecule has 4 N–H and O–H groups in total. The molecule has 21 heavy (non-hydrogen) atoms. The van der Waals surface area contributed by atoms with Crippen molar-refractivity contribution in [1.29, 1.82) is 0 Å². The molecule has 0 atom stereocenters. The summed E-state index contributed by atoms with van der Waals surface area (Å²) in [5.74, 6) is 1.26. The van der Waals surface area contributed by atoms with Crippen molar-refractivity contribution in [3.8, 4) is 11.5 Å². The van der Waals surface area contributed by atoms with Crippen LogP contribution < -0.4 is 25.8 Å². The third kappa shape index (κ3) is 4.87. The average Bonchev–Trinajstić information content (AvgIpc) is 2.46. The van der Waals surface area contributed by atoms with Crippen LogP contribution >= 0.6 is 0 Å². The number of hydrogen-bond acceptors (Lipinski definition) is 4. The van der Waals surface area contributed by atoms with Crippen LogP contribution in [0, 0.1) is 0 Å². The Kier molecular flexibility index (Phi) is 5.25. The Morgan fingerprint density at radius 1 is 1.14 bits per heavy atom. The number of nitrogens with two attached hydrogens (primary N) is 1. The number of urea groups is 1. The van der Waals surface area contributed by atoms with Gasteiger partial charge in [0.05, 0.1) is 0 Å². The molecular weight excluding hydrogens is 274 g/mol. The molecule has 0 unspecified atom stereocenters. The van der Waals surface area contributed by atoms with Gasteiger partial charge in [-0.2, -0.15) is 0 Å². The van der Waals surface area contributed by atoms with Crippen molar-refractivity contribution in [3.63, 3.8) is 0 Å². The van der Waals surface area contributed by atoms with E-state index in [1.807, 2.05) is 0 Å². The van der Waals surface area contributed by atoms with Crippen molar-refractivity contribution in [2.75, 3.05) is 25.1 Å². The lowest BCUT2D eigenvalue weighted by Gasteiger charge is -2.19. The minimum atomic E-state index is -0.546. The van der Waals surface area contributed by atoms with Crippen LogP contribution in [0.4, 0.5) is 10.5 Å². The number of rotatable bonds is 6. The van der Waals surface area contributed by atoms with Gasteiger partial charge in [0.1, 0.15) is 13.2 Å². The molecule has 0 spiro atoms. The smallest absolute Gasteiger partial charge is 0.312 e. The Balaban J connectivity index is 1.73. The molecule has 7 nitrogen and oxygen atoms in total. The van der Waals surface area contributed by atoms with E-state index in [4.69, 9.17) is 15.2 Å². The van der Waals surface area contributed by atoms with Gasteiger partial charge in [0.25, 0.3) is 0 Å². The van der Waals surface area contributed by atoms with Gasteiger partial charge in [0.2, 0.25) is 5.91 Å². The number of carbonyl (C=O) groups excluding carboxylic acids is 2. The molecule has 1 aromatic carbocycles. The predicted octanol–water partition coefficient (Wildman–Crippen LogP) is 1.23. The quantitative estimate of drug-likeness (QED) is 0.686. The standard InChI is InChI=1S/C14H19N3O4/c15-14(19)16-6-2-1-3-13(18)17-10-4-5-11-12(9-10)21-8-7-20-11/h4-5,9H,1-3,6-8H2,(H,17,18)(H3,15,16,19). The maximum absolute atomic E-state index is 11.8. The van der Waals surface area contributed by atoms with Crippen LogP contribution in [0.1, 0.15) is 19.3 Å². The summed E-state index contributed by atoms with van der Waals surface area (Å²) in [6.45, 7) is 1.53. The zero-order valence-electron chi connectivity index (χ0n) is 11.7. The number of benzene rings is 1. The number of unbranched alkanes of at least 4 members (excludes halogenated alkanes) is 1. The fraction of sp³-hybridized carbons (Fsp3) is 0.429. The van der Waals surface area contributed by atoms with Crippen molar-refractivity contribution in [3.05, 3.63) is 18.2 Å². The van der Waals surface area contributed by atoms with Crippen molar-refractivity contribution in [2.24, 2.45) is 5.73 Å². The molecule has 0 aliphatic carbocycles. The van der Waals surface area contributed by atoms with E-state index >= 15 is 0 Å². The van der Waals surface area contributed by atoms with Crippen LogP contribution in [0.2, 0.25) is 0 Å². The molecular formula is C14H19N3O4. The van der Waals surface area contributed by atoms with Crippen molar-refractivity contribution in [2.45, 2.75) is 19.3 Å². The molecule has 1 aliphatic heterocycles. The molecule has 3 amide bonds. The number of amides is 3. The number of carbonyl (C=O) groups is 2. The van der Waals surface area contributed by atoms with Gasteiger partial charge in [-0.25, -0.2) is 4.79 Å². The zero-order chi connectivity index (χ0) is 15.1. The Hall–Kier alpha value is -2.44. The third-order valence-electron chi connectivity index (χ3n) is 2.96. The van der Waals surface area contributed by atoms with E-state index in [2.05, 4.69) is 10.6 Å². The van der Waals surface area contributed by atoms with E-state index in [0.29, 0.717) is 56.2 Å². The Labute approximate surface area is 122 Å². The Morgan fingerprint density at radius 2 is 1.90 bits per heavy atom. The minimum Gasteiger partial charge on any atom is -0.486 e. The summed E-state index contributed by atoms with van der Waals surface area (Å²) >= 11 is 0. The summed E-state index contributed by atoms with van der Waals surface area (Å²) in [5.41, 5.74) is 5.62. The lowest BCUT2D eigenvalue weighted by Crippen LogP contribution is -2.30. The first kappa shape index (κ1) is 15.0. The Bertz CT molecular complexity index is 519. The lowest BCUT2D eigenvalue weighted by atomic mass is 10.2. The number of fused-ring (bicyclic) bond motifs is 1. The van der Waals surface area contributed by atoms with Crippen molar-refractivity contribution >= 4 is 17.6 Å². The lowest BCUT2D eigenvalue weighted by molar-refractivity contribution is -0.116. The second-order valence-corrected chi connectivity index (χ2v) is 4.65. The first-order valence-electron chi connectivity index (χ1n) is 6.88. The number of primary amides is 1. The SMILES string of the molecule is NC(=O)NCCCCC(=O)Nc1ccc2c(c1)OCCO2. The summed E-state index contributed by atoms with van der Waals surface area (Å²) in [6.07, 6.45) is 1.77. The largest absolute Gasteiger partial charge is 0.486 e. The molecule has 0 saturated carbocycles. The van der Waals surface area contributed by atoms with Gasteiger partial charge in [-0.15, -0.1) is 0 Å². The average molecular weight is 293 g/mol. The van der Waals surface area contributed by atoms with E-state index in [-0.39, 0.29) is 5.91 Å². The van der Waals surface area contributed by atoms with Gasteiger partial charge in [-0.1, -0.05) is 0 Å². The zero-order valence-corrected chi connectivity index (χ0v) is 11.7. The summed E-state index contributed by atoms with van der Waals surface area (Å²) in [5, 5.41) is 5.29. The van der Waals surface area contributed by atoms with Gasteiger partial charge in [-0.3, -0.25) is 4.79 Å². The van der Waals surface area contributed by atoms with Gasteiger partial charge >= 0.3 is 6.03 Å². The fourth-order valence-electron chi connectivity index (χ4n) is 1.97. The second-order valence-electron chi connectivity index (χ2n) is 4.65. The van der Waals surface area contributed by atoms with Crippen LogP contribution in [-0.4, -0.2) is 31.7 Å². The van der Waals surface area contributed by atoms with Crippen LogP contribution in [0.15, 0.2) is 18.2 Å². The molecule has 0 fully saturated rings. The molecule has 0 aromatic heterocycles. The summed E-state index contributed by atoms with van der Waals surface area (Å²) in [4.78, 5) is 22.2. The van der Waals surface area contributed by atoms with Crippen LogP contribution in [-0.2, 0) is 4.79 Å². The highest BCUT2D eigenvalue weighted by Gasteiger charge is 2.12. The molecule has 1 heterocycles. The van der Waals surface area contributed by atoms with Crippen molar-refractivity contribution in [1.82, 2.24) is 5.32 Å². The molecule has 114 valence electrons. The molecule has 1 aromatic rings. The first-order chi connectivity index (χ1) is 10.1. The van der Waals surface area contributed by atoms with Gasteiger partial charge < -0.3 is 25.8 Å². The number of ether oxygens (including phenoxy) is 2. The highest BCUT2D eigenvalue weighted by molar-refractivity contribution is 5.91. The highest BCUT2D eigenvalue weighted by atomic mass is 16.6. The van der Waals surface area contributed by atoms with E-state index in [9.17, 15) is 9.59 Å². The van der Waals surface area contributed by atoms with E-state index in [1.165, 1.54) is 0 Å². The van der Waals surface area contributed by atoms with Crippen LogP contribution in [0.3, 0.4) is 0 Å². The summed E-state index contributed by atoms with van der Waals surface area (Å²) in [6, 6.07) is 4.76. The predicted molar refractivity (Wildman–Crippen MR) is 77.5 cm³/mol. The van der Waals surface area contributed by atoms with E-state index < -0.39 is 6.03 Å². The van der Waals surface area contributed by atoms with Crippen molar-refractivity contribution < 1.29 is 19.1 Å². The number of anilines is 1. The molecule has 2 rings (SSSR count). The normalized spacial score (nSPS) is 12.6. The van der Waals surface area contributed by atoms with Crippen LogP contribution in [0.25, 0.3) is 0 Å². The van der Waals surface area contributed by atoms with Crippen LogP contribution in [0.5, 0.6) is 11.5 Å². The number of nitrogens with one attached hydrogen (secondary N) is 2. The molecule has 0 bridgehead atoms. The van der Waals surface area contributed by atoms with E-state index in [0.717, 1.165) is 0 Å². The van der Waals surface area contributed by atoms with E-state index in [1.54, 1.807) is 18.2 Å². The number of hydrogen-bond donors (Lipinski definition) is 3. The Morgan fingerprint density at radius 3 is 2.67 bits per heavy atom. The molecule has 0 saturated heterocycles. The maximum atomic E-state index is 11.8. The first-order valence-corrected chi connectivity index (χ1v) is 6.88. The summed E-state index contributed by atoms with van der Waals surface area (Å²) < 4.78 is 10.9.